The van der Waals surface area contributed by atoms with Gasteiger partial charge in [-0.15, -0.1) is 0 Å². The van der Waals surface area contributed by atoms with E-state index in [0.717, 1.165) is 5.56 Å². The van der Waals surface area contributed by atoms with Crippen LogP contribution >= 0.6 is 0 Å². The van der Waals surface area contributed by atoms with Gasteiger partial charge in [0.05, 0.1) is 47.5 Å². The van der Waals surface area contributed by atoms with Crippen molar-refractivity contribution in [2.75, 3.05) is 42.1 Å². The predicted molar refractivity (Wildman–Crippen MR) is 124 cm³/mol. The van der Waals surface area contributed by atoms with E-state index in [1.807, 2.05) is 18.2 Å². The third kappa shape index (κ3) is 4.98. The van der Waals surface area contributed by atoms with Crippen LogP contribution < -0.4 is 23.7 Å². The molecule has 1 heterocycles. The minimum Gasteiger partial charge on any atom is -0.493 e. The Labute approximate surface area is 199 Å². The molecule has 2 aromatic rings. The van der Waals surface area contributed by atoms with Crippen LogP contribution in [0.2, 0.25) is 0 Å². The second kappa shape index (κ2) is 11.0. The lowest BCUT2D eigenvalue weighted by Crippen LogP contribution is -2.46. The maximum absolute atomic E-state index is 13.0. The lowest BCUT2D eigenvalue weighted by molar-refractivity contribution is -0.152. The first-order chi connectivity index (χ1) is 16.4. The van der Waals surface area contributed by atoms with Crippen molar-refractivity contribution in [3.8, 4) is 28.7 Å². The second-order valence-electron chi connectivity index (χ2n) is 7.91. The third-order valence-corrected chi connectivity index (χ3v) is 6.14. The molecule has 34 heavy (non-hydrogen) atoms. The van der Waals surface area contributed by atoms with Gasteiger partial charge >= 0.3 is 5.97 Å². The monoisotopic (exact) mass is 473 g/mol. The number of hydrogen-bond donors (Lipinski definition) is 1. The fraction of sp³-hybridized carbons (Fsp3) is 0.440. The number of carboxylic acid groups (broad SMARTS) is 1. The van der Waals surface area contributed by atoms with Crippen molar-refractivity contribution in [3.63, 3.8) is 0 Å². The quantitative estimate of drug-likeness (QED) is 0.560. The highest BCUT2D eigenvalue weighted by atomic mass is 16.5. The summed E-state index contributed by atoms with van der Waals surface area (Å²) in [6.45, 7) is 0.333. The van der Waals surface area contributed by atoms with Crippen molar-refractivity contribution in [3.05, 3.63) is 41.5 Å². The van der Waals surface area contributed by atoms with Gasteiger partial charge in [-0.2, -0.15) is 0 Å². The van der Waals surface area contributed by atoms with E-state index in [2.05, 4.69) is 0 Å². The van der Waals surface area contributed by atoms with Crippen LogP contribution in [0.15, 0.2) is 30.3 Å². The molecule has 9 nitrogen and oxygen atoms in total. The van der Waals surface area contributed by atoms with Crippen LogP contribution in [0, 0.1) is 5.92 Å². The fourth-order valence-corrected chi connectivity index (χ4v) is 4.45. The van der Waals surface area contributed by atoms with Gasteiger partial charge in [-0.1, -0.05) is 6.07 Å². The highest BCUT2D eigenvalue weighted by molar-refractivity contribution is 5.82. The molecule has 0 aromatic heterocycles. The average molecular weight is 474 g/mol. The van der Waals surface area contributed by atoms with E-state index in [9.17, 15) is 14.7 Å². The summed E-state index contributed by atoms with van der Waals surface area (Å²) in [6, 6.07) is 8.30. The first-order valence-electron chi connectivity index (χ1n) is 10.9. The Morgan fingerprint density at radius 3 is 2.06 bits per heavy atom. The molecule has 0 spiro atoms. The summed E-state index contributed by atoms with van der Waals surface area (Å²) < 4.78 is 27.0. The molecule has 1 aliphatic heterocycles. The van der Waals surface area contributed by atoms with E-state index in [-0.39, 0.29) is 18.7 Å². The van der Waals surface area contributed by atoms with Gasteiger partial charge in [-0.3, -0.25) is 9.59 Å². The summed E-state index contributed by atoms with van der Waals surface area (Å²) in [6.07, 6.45) is 0.936. The van der Waals surface area contributed by atoms with E-state index < -0.39 is 17.9 Å². The van der Waals surface area contributed by atoms with Crippen molar-refractivity contribution in [1.82, 2.24) is 4.90 Å². The Morgan fingerprint density at radius 1 is 0.912 bits per heavy atom. The first-order valence-corrected chi connectivity index (χ1v) is 10.9. The van der Waals surface area contributed by atoms with E-state index in [4.69, 9.17) is 23.7 Å². The number of rotatable bonds is 10. The summed E-state index contributed by atoms with van der Waals surface area (Å²) >= 11 is 0. The van der Waals surface area contributed by atoms with Gasteiger partial charge in [0.25, 0.3) is 0 Å². The minimum atomic E-state index is -0.956. The summed E-state index contributed by atoms with van der Waals surface area (Å²) in [5.41, 5.74) is 1.55. The van der Waals surface area contributed by atoms with Crippen LogP contribution in [0.5, 0.6) is 28.7 Å². The van der Waals surface area contributed by atoms with E-state index >= 15 is 0 Å². The average Bonchev–Trinajstić information content (AvgIpc) is 2.86. The number of carboxylic acids is 1. The smallest absolute Gasteiger partial charge is 0.308 e. The van der Waals surface area contributed by atoms with Gasteiger partial charge in [0, 0.05) is 13.0 Å². The Balaban J connectivity index is 1.99. The number of likely N-dealkylation sites (tertiary alicyclic amines) is 1. The van der Waals surface area contributed by atoms with Gasteiger partial charge in [-0.25, -0.2) is 0 Å². The van der Waals surface area contributed by atoms with E-state index in [1.54, 1.807) is 31.3 Å². The summed E-state index contributed by atoms with van der Waals surface area (Å²) in [5, 5.41) is 9.98. The highest BCUT2D eigenvalue weighted by Crippen LogP contribution is 2.44. The molecule has 1 amide bonds. The topological polar surface area (TPSA) is 104 Å². The van der Waals surface area contributed by atoms with Crippen LogP contribution in [0.4, 0.5) is 0 Å². The number of benzene rings is 2. The molecule has 0 bridgehead atoms. The number of ether oxygens (including phenoxy) is 5. The highest BCUT2D eigenvalue weighted by Gasteiger charge is 2.41. The van der Waals surface area contributed by atoms with Crippen LogP contribution in [0.1, 0.15) is 30.0 Å². The molecule has 0 aliphatic carbocycles. The molecule has 1 aliphatic rings. The van der Waals surface area contributed by atoms with Crippen LogP contribution in [0.3, 0.4) is 0 Å². The molecular weight excluding hydrogens is 442 g/mol. The van der Waals surface area contributed by atoms with Crippen molar-refractivity contribution >= 4 is 11.9 Å². The SMILES string of the molecule is COc1ccc(CCN2C(=O)CCC(C(=O)O)C2c2cc(OC)c(OC)c(OC)c2)cc1OC. The molecule has 1 saturated heterocycles. The second-order valence-corrected chi connectivity index (χ2v) is 7.91. The van der Waals surface area contributed by atoms with Gasteiger partial charge in [0.2, 0.25) is 11.7 Å². The van der Waals surface area contributed by atoms with Gasteiger partial charge in [0.15, 0.2) is 23.0 Å². The number of nitrogens with zero attached hydrogens (tertiary/aromatic N) is 1. The van der Waals surface area contributed by atoms with Crippen molar-refractivity contribution in [2.45, 2.75) is 25.3 Å². The lowest BCUT2D eigenvalue weighted by Gasteiger charge is -2.40. The fourth-order valence-electron chi connectivity index (χ4n) is 4.45. The first kappa shape index (κ1) is 25.0. The molecular formula is C25H31NO8. The Morgan fingerprint density at radius 2 is 1.53 bits per heavy atom. The Hall–Kier alpha value is -3.62. The maximum atomic E-state index is 13.0. The normalized spacial score (nSPS) is 17.8. The largest absolute Gasteiger partial charge is 0.493 e. The number of aliphatic carboxylic acids is 1. The van der Waals surface area contributed by atoms with E-state index in [1.165, 1.54) is 21.3 Å². The predicted octanol–water partition coefficient (Wildman–Crippen LogP) is 3.34. The Kier molecular flexibility index (Phi) is 8.09. The van der Waals surface area contributed by atoms with Crippen molar-refractivity contribution in [1.29, 1.82) is 0 Å². The van der Waals surface area contributed by atoms with E-state index in [0.29, 0.717) is 47.3 Å². The molecule has 1 N–H and O–H groups in total. The molecule has 9 heteroatoms. The number of methoxy groups -OCH3 is 5. The minimum absolute atomic E-state index is 0.100. The number of amides is 1. The summed E-state index contributed by atoms with van der Waals surface area (Å²) in [5.74, 6) is 0.582. The standard InChI is InChI=1S/C25H31NO8/c1-30-18-8-6-15(12-19(18)31-2)10-11-26-22(27)9-7-17(25(28)29)23(26)16-13-20(32-3)24(34-5)21(14-16)33-4/h6,8,12-14,17,23H,7,9-11H2,1-5H3,(H,28,29). The molecule has 0 radical (unpaired) electrons. The number of piperidine rings is 1. The van der Waals surface area contributed by atoms with Gasteiger partial charge < -0.3 is 33.7 Å². The number of hydrogen-bond acceptors (Lipinski definition) is 7. The molecule has 2 atom stereocenters. The lowest BCUT2D eigenvalue weighted by atomic mass is 9.83. The molecule has 1 fully saturated rings. The molecule has 2 unspecified atom stereocenters. The van der Waals surface area contributed by atoms with Crippen molar-refractivity contribution in [2.24, 2.45) is 5.92 Å². The zero-order valence-corrected chi connectivity index (χ0v) is 20.1. The molecule has 2 aromatic carbocycles. The van der Waals surface area contributed by atoms with Crippen LogP contribution in [0.25, 0.3) is 0 Å². The zero-order valence-electron chi connectivity index (χ0n) is 20.1. The zero-order chi connectivity index (χ0) is 24.8. The maximum Gasteiger partial charge on any atom is 0.308 e. The summed E-state index contributed by atoms with van der Waals surface area (Å²) in [7, 11) is 7.62. The summed E-state index contributed by atoms with van der Waals surface area (Å²) in [4.78, 5) is 26.9. The van der Waals surface area contributed by atoms with Crippen LogP contribution in [-0.2, 0) is 16.0 Å². The third-order valence-electron chi connectivity index (χ3n) is 6.14. The molecule has 3 rings (SSSR count). The van der Waals surface area contributed by atoms with Crippen molar-refractivity contribution < 1.29 is 38.4 Å². The van der Waals surface area contributed by atoms with Gasteiger partial charge in [-0.05, 0) is 48.2 Å². The van der Waals surface area contributed by atoms with Crippen LogP contribution in [-0.4, -0.2) is 64.0 Å². The molecule has 184 valence electrons. The van der Waals surface area contributed by atoms with Gasteiger partial charge in [0.1, 0.15) is 0 Å². The number of carbonyl (C=O) groups is 2. The Bertz CT molecular complexity index is 1010. The molecule has 0 saturated carbocycles. The number of carbonyl (C=O) groups excluding carboxylic acids is 1.